The fourth-order valence-corrected chi connectivity index (χ4v) is 5.66. The lowest BCUT2D eigenvalue weighted by Crippen LogP contribution is -2.48. The van der Waals surface area contributed by atoms with Gasteiger partial charge in [-0.05, 0) is 50.2 Å². The molecule has 0 bridgehead atoms. The van der Waals surface area contributed by atoms with E-state index in [0.29, 0.717) is 32.8 Å². The second-order valence-electron chi connectivity index (χ2n) is 7.47. The van der Waals surface area contributed by atoms with Crippen molar-refractivity contribution >= 4 is 27.8 Å². The lowest BCUT2D eigenvalue weighted by atomic mass is 10.2. The van der Waals surface area contributed by atoms with E-state index in [0.717, 1.165) is 14.1 Å². The minimum absolute atomic E-state index is 0.0934. The molecular weight excluding hydrogens is 436 g/mol. The lowest BCUT2D eigenvalue weighted by Gasteiger charge is -2.31. The van der Waals surface area contributed by atoms with E-state index in [4.69, 9.17) is 4.74 Å². The molecule has 0 saturated carbocycles. The van der Waals surface area contributed by atoms with Crippen molar-refractivity contribution in [1.29, 1.82) is 0 Å². The van der Waals surface area contributed by atoms with Crippen molar-refractivity contribution in [3.63, 3.8) is 0 Å². The summed E-state index contributed by atoms with van der Waals surface area (Å²) >= 11 is 1.54. The predicted molar refractivity (Wildman–Crippen MR) is 120 cm³/mol. The van der Waals surface area contributed by atoms with E-state index in [-0.39, 0.29) is 11.4 Å². The second kappa shape index (κ2) is 10.6. The quantitative estimate of drug-likeness (QED) is 0.610. The van der Waals surface area contributed by atoms with Crippen LogP contribution < -0.4 is 0 Å². The molecule has 2 aromatic carbocycles. The summed E-state index contributed by atoms with van der Waals surface area (Å²) in [7, 11) is -3.96. The maximum atomic E-state index is 13.3. The number of hydrogen-bond acceptors (Lipinski definition) is 6. The normalized spacial score (nSPS) is 16.4. The van der Waals surface area contributed by atoms with Gasteiger partial charge in [-0.1, -0.05) is 29.5 Å². The molecule has 0 radical (unpaired) electrons. The van der Waals surface area contributed by atoms with E-state index in [1.165, 1.54) is 12.5 Å². The first-order valence-electron chi connectivity index (χ1n) is 10.2. The third kappa shape index (κ3) is 6.30. The zero-order valence-electron chi connectivity index (χ0n) is 17.7. The van der Waals surface area contributed by atoms with E-state index in [1.54, 1.807) is 36.0 Å². The molecule has 3 rings (SSSR count). The number of ether oxygens (including phenoxy) is 1. The third-order valence-corrected chi connectivity index (χ3v) is 8.22. The van der Waals surface area contributed by atoms with Crippen LogP contribution in [0.25, 0.3) is 0 Å². The van der Waals surface area contributed by atoms with Gasteiger partial charge in [0.25, 0.3) is 0 Å². The number of hydrogen-bond donors (Lipinski definition) is 1. The highest BCUT2D eigenvalue weighted by atomic mass is 32.2. The molecule has 0 amide bonds. The molecule has 1 N–H and O–H groups in total. The van der Waals surface area contributed by atoms with Crippen LogP contribution in [0.4, 0.5) is 0 Å². The largest absolute Gasteiger partial charge is 0.480 e. The average Bonchev–Trinajstić information content (AvgIpc) is 2.76. The van der Waals surface area contributed by atoms with Gasteiger partial charge in [0.2, 0.25) is 10.0 Å². The van der Waals surface area contributed by atoms with Crippen molar-refractivity contribution in [2.24, 2.45) is 0 Å². The van der Waals surface area contributed by atoms with Gasteiger partial charge in [0.1, 0.15) is 6.04 Å². The summed E-state index contributed by atoms with van der Waals surface area (Å²) in [5.41, 5.74) is 1.18. The summed E-state index contributed by atoms with van der Waals surface area (Å²) in [4.78, 5) is 15.8. The summed E-state index contributed by atoms with van der Waals surface area (Å²) in [6, 6.07) is 13.5. The van der Waals surface area contributed by atoms with Crippen LogP contribution in [-0.2, 0) is 19.6 Å². The van der Waals surface area contributed by atoms with Gasteiger partial charge in [0.15, 0.2) is 0 Å². The molecule has 1 saturated heterocycles. The minimum atomic E-state index is -3.96. The van der Waals surface area contributed by atoms with E-state index in [1.807, 2.05) is 31.2 Å². The Morgan fingerprint density at radius 3 is 2.19 bits per heavy atom. The zero-order chi connectivity index (χ0) is 22.4. The molecule has 2 aromatic rings. The van der Waals surface area contributed by atoms with Gasteiger partial charge < -0.3 is 9.84 Å². The molecule has 1 aliphatic rings. The maximum absolute atomic E-state index is 13.3. The molecule has 0 aromatic heterocycles. The van der Waals surface area contributed by atoms with Crippen LogP contribution in [-0.4, -0.2) is 74.1 Å². The Labute approximate surface area is 188 Å². The SMILES string of the molecule is Cc1ccc(Sc2ccc(S(=O)(=O)N(CCN3CCOCC3)C(C)C(=O)O)cc2)cc1. The number of carboxylic acid groups (broad SMARTS) is 1. The molecule has 9 heteroatoms. The Bertz CT molecular complexity index is 972. The van der Waals surface area contributed by atoms with E-state index < -0.39 is 22.0 Å². The maximum Gasteiger partial charge on any atom is 0.321 e. The minimum Gasteiger partial charge on any atom is -0.480 e. The smallest absolute Gasteiger partial charge is 0.321 e. The highest BCUT2D eigenvalue weighted by molar-refractivity contribution is 7.99. The Morgan fingerprint density at radius 1 is 1.10 bits per heavy atom. The number of benzene rings is 2. The number of sulfonamides is 1. The average molecular weight is 465 g/mol. The number of morpholine rings is 1. The van der Waals surface area contributed by atoms with Gasteiger partial charge in [-0.2, -0.15) is 4.31 Å². The topological polar surface area (TPSA) is 87.2 Å². The van der Waals surface area contributed by atoms with Gasteiger partial charge in [-0.3, -0.25) is 9.69 Å². The molecule has 1 fully saturated rings. The van der Waals surface area contributed by atoms with Crippen molar-refractivity contribution in [3.05, 3.63) is 54.1 Å². The van der Waals surface area contributed by atoms with Crippen molar-refractivity contribution in [3.8, 4) is 0 Å². The lowest BCUT2D eigenvalue weighted by molar-refractivity contribution is -0.141. The standard InChI is InChI=1S/C22H28N2O5S2/c1-17-3-5-19(6-4-17)30-20-7-9-21(10-8-20)31(27,28)24(18(2)22(25)26)12-11-23-13-15-29-16-14-23/h3-10,18H,11-16H2,1-2H3,(H,25,26). The van der Waals surface area contributed by atoms with E-state index >= 15 is 0 Å². The molecule has 1 aliphatic heterocycles. The monoisotopic (exact) mass is 464 g/mol. The summed E-state index contributed by atoms with van der Waals surface area (Å²) in [5, 5.41) is 9.48. The number of nitrogens with zero attached hydrogens (tertiary/aromatic N) is 2. The van der Waals surface area contributed by atoms with E-state index in [2.05, 4.69) is 4.90 Å². The van der Waals surface area contributed by atoms with Gasteiger partial charge in [0.05, 0.1) is 18.1 Å². The second-order valence-corrected chi connectivity index (χ2v) is 10.5. The Hall–Kier alpha value is -1.91. The summed E-state index contributed by atoms with van der Waals surface area (Å²) < 4.78 is 32.9. The zero-order valence-corrected chi connectivity index (χ0v) is 19.4. The third-order valence-electron chi connectivity index (χ3n) is 5.22. The Balaban J connectivity index is 1.75. The van der Waals surface area contributed by atoms with Crippen molar-refractivity contribution in [2.45, 2.75) is 34.6 Å². The molecule has 1 atom stereocenters. The fraction of sp³-hybridized carbons (Fsp3) is 0.409. The number of rotatable bonds is 9. The highest BCUT2D eigenvalue weighted by Gasteiger charge is 2.33. The van der Waals surface area contributed by atoms with Crippen LogP contribution in [0.1, 0.15) is 12.5 Å². The Kier molecular flexibility index (Phi) is 8.12. The first-order valence-corrected chi connectivity index (χ1v) is 12.4. The van der Waals surface area contributed by atoms with Crippen LogP contribution >= 0.6 is 11.8 Å². The molecule has 1 heterocycles. The number of carbonyl (C=O) groups is 1. The van der Waals surface area contributed by atoms with Crippen LogP contribution in [0.5, 0.6) is 0 Å². The Morgan fingerprint density at radius 2 is 1.65 bits per heavy atom. The van der Waals surface area contributed by atoms with Crippen LogP contribution in [0.3, 0.4) is 0 Å². The molecular formula is C22H28N2O5S2. The van der Waals surface area contributed by atoms with Gasteiger partial charge >= 0.3 is 5.97 Å². The van der Waals surface area contributed by atoms with Crippen molar-refractivity contribution in [1.82, 2.24) is 9.21 Å². The first kappa shape index (κ1) is 23.7. The number of aliphatic carboxylic acids is 1. The number of aryl methyl sites for hydroxylation is 1. The van der Waals surface area contributed by atoms with Crippen LogP contribution in [0.15, 0.2) is 63.2 Å². The summed E-state index contributed by atoms with van der Waals surface area (Å²) in [5.74, 6) is -1.17. The van der Waals surface area contributed by atoms with Crippen molar-refractivity contribution < 1.29 is 23.1 Å². The molecule has 31 heavy (non-hydrogen) atoms. The van der Waals surface area contributed by atoms with E-state index in [9.17, 15) is 18.3 Å². The predicted octanol–water partition coefficient (Wildman–Crippen LogP) is 2.94. The first-order chi connectivity index (χ1) is 14.8. The molecule has 168 valence electrons. The molecule has 1 unspecified atom stereocenters. The van der Waals surface area contributed by atoms with Gasteiger partial charge in [-0.25, -0.2) is 8.42 Å². The highest BCUT2D eigenvalue weighted by Crippen LogP contribution is 2.29. The van der Waals surface area contributed by atoms with Gasteiger partial charge in [0, 0.05) is 36.0 Å². The van der Waals surface area contributed by atoms with Crippen LogP contribution in [0, 0.1) is 6.92 Å². The van der Waals surface area contributed by atoms with Gasteiger partial charge in [-0.15, -0.1) is 0 Å². The fourth-order valence-electron chi connectivity index (χ4n) is 3.27. The van der Waals surface area contributed by atoms with Crippen molar-refractivity contribution in [2.75, 3.05) is 39.4 Å². The molecule has 0 aliphatic carbocycles. The summed E-state index contributed by atoms with van der Waals surface area (Å²) in [6.07, 6.45) is 0. The van der Waals surface area contributed by atoms with Crippen LogP contribution in [0.2, 0.25) is 0 Å². The number of carboxylic acids is 1. The molecule has 7 nitrogen and oxygen atoms in total. The molecule has 0 spiro atoms. The summed E-state index contributed by atoms with van der Waals surface area (Å²) in [6.45, 7) is 6.61.